The molecule has 2 aromatic rings. The van der Waals surface area contributed by atoms with Crippen LogP contribution in [-0.2, 0) is 26.2 Å². The van der Waals surface area contributed by atoms with Gasteiger partial charge in [0, 0.05) is 19.7 Å². The van der Waals surface area contributed by atoms with E-state index in [1.54, 1.807) is 18.2 Å². The summed E-state index contributed by atoms with van der Waals surface area (Å²) in [5.74, 6) is -0.0664. The molecule has 0 unspecified atom stereocenters. The number of amides is 2. The standard InChI is InChI=1S/C23H29N3O6S/c1-4-19(23(28)24-3)25(14-17-9-7-6-8-10-17)22(27)15-26(33(29,30)5-2)18-11-12-20-21(13-18)32-16-31-20/h6-13,19H,4-5,14-16H2,1-3H3,(H,24,28)/t19-/m0/s1. The highest BCUT2D eigenvalue weighted by Crippen LogP contribution is 2.36. The number of anilines is 1. The Kier molecular flexibility index (Phi) is 7.80. The Morgan fingerprint density at radius 3 is 2.39 bits per heavy atom. The molecule has 2 amide bonds. The molecule has 10 heteroatoms. The van der Waals surface area contributed by atoms with Gasteiger partial charge in [-0.25, -0.2) is 8.42 Å². The third-order valence-corrected chi connectivity index (χ3v) is 7.19. The van der Waals surface area contributed by atoms with Gasteiger partial charge in [-0.2, -0.15) is 0 Å². The van der Waals surface area contributed by atoms with Crippen molar-refractivity contribution in [2.24, 2.45) is 0 Å². The number of hydrogen-bond donors (Lipinski definition) is 1. The van der Waals surface area contributed by atoms with Gasteiger partial charge in [-0.3, -0.25) is 13.9 Å². The maximum Gasteiger partial charge on any atom is 0.244 e. The summed E-state index contributed by atoms with van der Waals surface area (Å²) in [6, 6.07) is 13.3. The van der Waals surface area contributed by atoms with Gasteiger partial charge in [-0.15, -0.1) is 0 Å². The van der Waals surface area contributed by atoms with Crippen molar-refractivity contribution in [2.75, 3.05) is 30.4 Å². The fourth-order valence-electron chi connectivity index (χ4n) is 3.63. The smallest absolute Gasteiger partial charge is 0.244 e. The highest BCUT2D eigenvalue weighted by Gasteiger charge is 2.32. The van der Waals surface area contributed by atoms with E-state index in [9.17, 15) is 18.0 Å². The minimum absolute atomic E-state index is 0.0490. The van der Waals surface area contributed by atoms with Crippen LogP contribution in [-0.4, -0.2) is 57.3 Å². The number of hydrogen-bond acceptors (Lipinski definition) is 6. The minimum atomic E-state index is -3.80. The summed E-state index contributed by atoms with van der Waals surface area (Å²) in [6.07, 6.45) is 0.378. The first-order chi connectivity index (χ1) is 15.8. The number of ether oxygens (including phenoxy) is 2. The molecule has 0 fully saturated rings. The molecule has 1 atom stereocenters. The number of carbonyl (C=O) groups excluding carboxylic acids is 2. The molecule has 0 radical (unpaired) electrons. The second-order valence-electron chi connectivity index (χ2n) is 7.49. The third-order valence-electron chi connectivity index (χ3n) is 5.45. The van der Waals surface area contributed by atoms with E-state index in [1.807, 2.05) is 37.3 Å². The lowest BCUT2D eigenvalue weighted by Crippen LogP contribution is -2.52. The molecule has 0 spiro atoms. The molecule has 3 rings (SSSR count). The van der Waals surface area contributed by atoms with E-state index in [2.05, 4.69) is 5.32 Å². The van der Waals surface area contributed by atoms with E-state index in [0.717, 1.165) is 9.87 Å². The number of carbonyl (C=O) groups is 2. The minimum Gasteiger partial charge on any atom is -0.454 e. The number of rotatable bonds is 10. The summed E-state index contributed by atoms with van der Waals surface area (Å²) >= 11 is 0. The van der Waals surface area contributed by atoms with Crippen molar-refractivity contribution >= 4 is 27.5 Å². The van der Waals surface area contributed by atoms with Crippen LogP contribution in [0.2, 0.25) is 0 Å². The first kappa shape index (κ1) is 24.4. The summed E-state index contributed by atoms with van der Waals surface area (Å²) in [4.78, 5) is 27.5. The van der Waals surface area contributed by atoms with Crippen LogP contribution in [0.1, 0.15) is 25.8 Å². The number of fused-ring (bicyclic) bond motifs is 1. The first-order valence-electron chi connectivity index (χ1n) is 10.8. The predicted octanol–water partition coefficient (Wildman–Crippen LogP) is 2.12. The van der Waals surface area contributed by atoms with Gasteiger partial charge in [-0.05, 0) is 31.0 Å². The number of likely N-dealkylation sites (N-methyl/N-ethyl adjacent to an activating group) is 1. The monoisotopic (exact) mass is 475 g/mol. The van der Waals surface area contributed by atoms with Crippen LogP contribution in [0.4, 0.5) is 5.69 Å². The van der Waals surface area contributed by atoms with E-state index in [4.69, 9.17) is 9.47 Å². The van der Waals surface area contributed by atoms with Crippen LogP contribution in [0.15, 0.2) is 48.5 Å². The Labute approximate surface area is 194 Å². The Bertz CT molecular complexity index is 1090. The molecular weight excluding hydrogens is 446 g/mol. The molecular formula is C23H29N3O6S. The van der Waals surface area contributed by atoms with Crippen molar-refractivity contribution in [1.82, 2.24) is 10.2 Å². The van der Waals surface area contributed by atoms with Crippen LogP contribution in [0, 0.1) is 0 Å². The number of nitrogens with one attached hydrogen (secondary N) is 1. The van der Waals surface area contributed by atoms with E-state index >= 15 is 0 Å². The summed E-state index contributed by atoms with van der Waals surface area (Å²) in [5.41, 5.74) is 1.13. The van der Waals surface area contributed by atoms with E-state index < -0.39 is 28.5 Å². The molecule has 0 aromatic heterocycles. The van der Waals surface area contributed by atoms with Crippen LogP contribution < -0.4 is 19.1 Å². The number of nitrogens with zero attached hydrogens (tertiary/aromatic N) is 2. The van der Waals surface area contributed by atoms with Crippen molar-refractivity contribution in [2.45, 2.75) is 32.9 Å². The molecule has 0 saturated heterocycles. The zero-order chi connectivity index (χ0) is 24.0. The summed E-state index contributed by atoms with van der Waals surface area (Å²) in [7, 11) is -2.29. The second kappa shape index (κ2) is 10.6. The third kappa shape index (κ3) is 5.57. The molecule has 33 heavy (non-hydrogen) atoms. The molecule has 0 saturated carbocycles. The average Bonchev–Trinajstić information content (AvgIpc) is 3.30. The second-order valence-corrected chi connectivity index (χ2v) is 9.67. The van der Waals surface area contributed by atoms with Crippen molar-refractivity contribution in [1.29, 1.82) is 0 Å². The van der Waals surface area contributed by atoms with Gasteiger partial charge >= 0.3 is 0 Å². The highest BCUT2D eigenvalue weighted by molar-refractivity contribution is 7.92. The fraction of sp³-hybridized carbons (Fsp3) is 0.391. The topological polar surface area (TPSA) is 105 Å². The van der Waals surface area contributed by atoms with E-state index in [0.29, 0.717) is 23.6 Å². The molecule has 1 aliphatic heterocycles. The molecule has 1 heterocycles. The lowest BCUT2D eigenvalue weighted by Gasteiger charge is -2.32. The van der Waals surface area contributed by atoms with Crippen LogP contribution in [0.25, 0.3) is 0 Å². The Hall–Kier alpha value is -3.27. The molecule has 1 N–H and O–H groups in total. The molecule has 1 aliphatic rings. The molecule has 0 bridgehead atoms. The summed E-state index contributed by atoms with van der Waals surface area (Å²) in [6.45, 7) is 3.10. The quantitative estimate of drug-likeness (QED) is 0.564. The maximum atomic E-state index is 13.5. The van der Waals surface area contributed by atoms with Gasteiger partial charge in [0.05, 0.1) is 11.4 Å². The Balaban J connectivity index is 1.96. The summed E-state index contributed by atoms with van der Waals surface area (Å²) < 4.78 is 37.6. The lowest BCUT2D eigenvalue weighted by molar-refractivity contribution is -0.140. The predicted molar refractivity (Wildman–Crippen MR) is 125 cm³/mol. The van der Waals surface area contributed by atoms with Crippen LogP contribution in [0.3, 0.4) is 0 Å². The Morgan fingerprint density at radius 2 is 1.76 bits per heavy atom. The van der Waals surface area contributed by atoms with Crippen molar-refractivity contribution in [3.05, 3.63) is 54.1 Å². The van der Waals surface area contributed by atoms with Crippen LogP contribution in [0.5, 0.6) is 11.5 Å². The maximum absolute atomic E-state index is 13.5. The van der Waals surface area contributed by atoms with Crippen molar-refractivity contribution in [3.63, 3.8) is 0 Å². The van der Waals surface area contributed by atoms with E-state index in [-0.39, 0.29) is 25.0 Å². The van der Waals surface area contributed by atoms with Gasteiger partial charge in [0.25, 0.3) is 0 Å². The zero-order valence-electron chi connectivity index (χ0n) is 19.0. The van der Waals surface area contributed by atoms with Gasteiger partial charge in [0.15, 0.2) is 11.5 Å². The highest BCUT2D eigenvalue weighted by atomic mass is 32.2. The summed E-state index contributed by atoms with van der Waals surface area (Å²) in [5, 5.41) is 2.60. The van der Waals surface area contributed by atoms with Crippen molar-refractivity contribution < 1.29 is 27.5 Å². The van der Waals surface area contributed by atoms with Gasteiger partial charge in [0.2, 0.25) is 28.6 Å². The normalized spacial score (nSPS) is 13.3. The van der Waals surface area contributed by atoms with Gasteiger partial charge in [-0.1, -0.05) is 37.3 Å². The SMILES string of the molecule is CC[C@@H](C(=O)NC)N(Cc1ccccc1)C(=O)CN(c1ccc2c(c1)OCO2)S(=O)(=O)CC. The zero-order valence-corrected chi connectivity index (χ0v) is 19.8. The fourth-order valence-corrected chi connectivity index (χ4v) is 4.68. The molecule has 178 valence electrons. The largest absolute Gasteiger partial charge is 0.454 e. The lowest BCUT2D eigenvalue weighted by atomic mass is 10.1. The number of benzene rings is 2. The Morgan fingerprint density at radius 1 is 1.06 bits per heavy atom. The average molecular weight is 476 g/mol. The van der Waals surface area contributed by atoms with Crippen LogP contribution >= 0.6 is 0 Å². The van der Waals surface area contributed by atoms with Crippen molar-refractivity contribution in [3.8, 4) is 11.5 Å². The first-order valence-corrected chi connectivity index (χ1v) is 12.4. The van der Waals surface area contributed by atoms with E-state index in [1.165, 1.54) is 18.9 Å². The molecule has 2 aromatic carbocycles. The number of sulfonamides is 1. The van der Waals surface area contributed by atoms with Gasteiger partial charge in [0.1, 0.15) is 12.6 Å². The van der Waals surface area contributed by atoms with Gasteiger partial charge < -0.3 is 19.7 Å². The molecule has 9 nitrogen and oxygen atoms in total. The molecule has 0 aliphatic carbocycles.